The van der Waals surface area contributed by atoms with Crippen molar-refractivity contribution in [3.63, 3.8) is 0 Å². The number of nitrogens with zero attached hydrogens (tertiary/aromatic N) is 3. The van der Waals surface area contributed by atoms with E-state index in [-0.39, 0.29) is 63.0 Å². The van der Waals surface area contributed by atoms with Crippen molar-refractivity contribution in [3.8, 4) is 17.0 Å². The quantitative estimate of drug-likeness (QED) is 0.165. The number of carbonyl (C=O) groups is 2. The van der Waals surface area contributed by atoms with E-state index in [9.17, 15) is 23.5 Å². The molecule has 13 heteroatoms. The number of ether oxygens (including phenoxy) is 3. The summed E-state index contributed by atoms with van der Waals surface area (Å²) in [5, 5.41) is 13.0. The molecule has 1 fully saturated rings. The van der Waals surface area contributed by atoms with E-state index in [1.54, 1.807) is 29.0 Å². The maximum Gasteiger partial charge on any atom is 0.293 e. The van der Waals surface area contributed by atoms with Crippen LogP contribution in [0.25, 0.3) is 11.3 Å². The minimum atomic E-state index is -1.24. The van der Waals surface area contributed by atoms with Crippen LogP contribution >= 0.6 is 0 Å². The summed E-state index contributed by atoms with van der Waals surface area (Å²) in [7, 11) is 1.50. The van der Waals surface area contributed by atoms with Crippen molar-refractivity contribution in [2.24, 2.45) is 11.3 Å². The number of methoxy groups -OCH3 is 1. The van der Waals surface area contributed by atoms with Gasteiger partial charge in [-0.15, -0.1) is 0 Å². The average Bonchev–Trinajstić information content (AvgIpc) is 3.65. The van der Waals surface area contributed by atoms with Crippen LogP contribution in [0.1, 0.15) is 51.5 Å². The lowest BCUT2D eigenvalue weighted by Crippen LogP contribution is -2.48. The molecule has 0 radical (unpaired) electrons. The summed E-state index contributed by atoms with van der Waals surface area (Å²) >= 11 is 0. The van der Waals surface area contributed by atoms with Crippen LogP contribution in [0.4, 0.5) is 13.2 Å². The van der Waals surface area contributed by atoms with E-state index >= 15 is 4.39 Å². The Morgan fingerprint density at radius 1 is 1.21 bits per heavy atom. The van der Waals surface area contributed by atoms with E-state index in [4.69, 9.17) is 19.2 Å². The molecule has 4 rings (SSSR count). The fourth-order valence-electron chi connectivity index (χ4n) is 5.66. The smallest absolute Gasteiger partial charge is 0.293 e. The van der Waals surface area contributed by atoms with Crippen molar-refractivity contribution in [2.75, 3.05) is 46.8 Å². The van der Waals surface area contributed by atoms with Crippen molar-refractivity contribution < 1.29 is 42.1 Å². The predicted molar refractivity (Wildman–Crippen MR) is 170 cm³/mol. The lowest BCUT2D eigenvalue weighted by Gasteiger charge is -2.42. The van der Waals surface area contributed by atoms with E-state index in [2.05, 4.69) is 5.32 Å². The molecular formula is C34H45F3N4O6. The van der Waals surface area contributed by atoms with Gasteiger partial charge in [-0.1, -0.05) is 39.8 Å². The lowest BCUT2D eigenvalue weighted by atomic mass is 9.79. The SMILES string of the molecule is CC.COCOc1cccc(Cn2cc(-c3cc(F)ccc3F)nc2C(N(CC2CNCC2F)C(=O)COC=O)C(C)(C)CCO)c1. The molecule has 1 aliphatic heterocycles. The molecule has 2 N–H and O–H groups in total. The molecule has 0 spiro atoms. The number of rotatable bonds is 16. The highest BCUT2D eigenvalue weighted by molar-refractivity contribution is 5.79. The number of benzene rings is 2. The number of alkyl halides is 1. The minimum absolute atomic E-state index is 0.0335. The summed E-state index contributed by atoms with van der Waals surface area (Å²) < 4.78 is 61.4. The molecule has 258 valence electrons. The second kappa shape index (κ2) is 17.8. The minimum Gasteiger partial charge on any atom is -0.468 e. The molecule has 3 unspecified atom stereocenters. The van der Waals surface area contributed by atoms with E-state index in [1.165, 1.54) is 12.0 Å². The number of hydrogen-bond donors (Lipinski definition) is 2. The molecule has 1 aliphatic rings. The molecule has 0 aliphatic carbocycles. The topological polar surface area (TPSA) is 115 Å². The number of aliphatic hydroxyl groups excluding tert-OH is 1. The first kappa shape index (κ1) is 37.5. The monoisotopic (exact) mass is 662 g/mol. The Morgan fingerprint density at radius 3 is 2.64 bits per heavy atom. The molecule has 0 bridgehead atoms. The Labute approximate surface area is 273 Å². The molecule has 0 saturated carbocycles. The molecule has 1 saturated heterocycles. The standard InChI is InChI=1S/C32H39F3N4O6.C2H6/c1-32(2,9-10-40)30(39(29(42)18-44-19-41)16-22-13-36-14-27(22)35)31-37-28(25-12-23(33)7-8-26(25)34)17-38(31)15-21-5-4-6-24(11-21)45-20-43-3;1-2/h4-8,11-12,17,19,22,27,30,36,40H,9-10,13-16,18,20H2,1-3H3;1-2H3. The van der Waals surface area contributed by atoms with Gasteiger partial charge in [0.1, 0.15) is 29.4 Å². The van der Waals surface area contributed by atoms with Gasteiger partial charge in [-0.3, -0.25) is 9.59 Å². The van der Waals surface area contributed by atoms with Crippen molar-refractivity contribution in [2.45, 2.75) is 52.9 Å². The van der Waals surface area contributed by atoms with Gasteiger partial charge in [0.25, 0.3) is 12.4 Å². The van der Waals surface area contributed by atoms with Crippen LogP contribution in [0.3, 0.4) is 0 Å². The molecule has 2 heterocycles. The molecule has 1 amide bonds. The number of hydrogen-bond acceptors (Lipinski definition) is 8. The molecule has 1 aromatic heterocycles. The van der Waals surface area contributed by atoms with Gasteiger partial charge >= 0.3 is 0 Å². The van der Waals surface area contributed by atoms with E-state index < -0.39 is 47.7 Å². The van der Waals surface area contributed by atoms with Crippen LogP contribution < -0.4 is 10.1 Å². The fourth-order valence-corrected chi connectivity index (χ4v) is 5.66. The summed E-state index contributed by atoms with van der Waals surface area (Å²) in [6.45, 7) is 7.58. The second-order valence-electron chi connectivity index (χ2n) is 11.7. The molecular weight excluding hydrogens is 617 g/mol. The maximum atomic E-state index is 15.0. The third kappa shape index (κ3) is 9.78. The normalized spacial score (nSPS) is 16.6. The molecule has 3 aromatic rings. The first-order valence-electron chi connectivity index (χ1n) is 15.6. The Bertz CT molecular complexity index is 1450. The summed E-state index contributed by atoms with van der Waals surface area (Å²) in [6.07, 6.45) is 0.534. The van der Waals surface area contributed by atoms with Gasteiger partial charge in [0, 0.05) is 57.6 Å². The summed E-state index contributed by atoms with van der Waals surface area (Å²) in [5.74, 6) is -1.70. The third-order valence-electron chi connectivity index (χ3n) is 7.94. The van der Waals surface area contributed by atoms with Crippen molar-refractivity contribution in [3.05, 3.63) is 71.7 Å². The fraction of sp³-hybridized carbons (Fsp3) is 0.500. The zero-order valence-corrected chi connectivity index (χ0v) is 27.5. The van der Waals surface area contributed by atoms with Crippen LogP contribution in [-0.2, 0) is 25.6 Å². The summed E-state index contributed by atoms with van der Waals surface area (Å²) in [5.41, 5.74) is -0.0932. The van der Waals surface area contributed by atoms with Crippen LogP contribution in [0.2, 0.25) is 0 Å². The van der Waals surface area contributed by atoms with Crippen LogP contribution in [-0.4, -0.2) is 84.9 Å². The van der Waals surface area contributed by atoms with Crippen LogP contribution in [0.5, 0.6) is 5.75 Å². The highest BCUT2D eigenvalue weighted by atomic mass is 19.1. The zero-order chi connectivity index (χ0) is 34.6. The number of imidazole rings is 1. The first-order chi connectivity index (χ1) is 22.6. The van der Waals surface area contributed by atoms with Gasteiger partial charge in [-0.05, 0) is 47.7 Å². The Hall–Kier alpha value is -3.94. The molecule has 3 atom stereocenters. The van der Waals surface area contributed by atoms with E-state index in [1.807, 2.05) is 33.8 Å². The third-order valence-corrected chi connectivity index (χ3v) is 7.94. The zero-order valence-electron chi connectivity index (χ0n) is 27.5. The van der Waals surface area contributed by atoms with Gasteiger partial charge < -0.3 is 34.1 Å². The second-order valence-corrected chi connectivity index (χ2v) is 11.7. The predicted octanol–water partition coefficient (Wildman–Crippen LogP) is 4.89. The number of nitrogens with one attached hydrogen (secondary N) is 1. The molecule has 2 aromatic carbocycles. The molecule has 47 heavy (non-hydrogen) atoms. The van der Waals surface area contributed by atoms with Gasteiger partial charge in [-0.2, -0.15) is 0 Å². The van der Waals surface area contributed by atoms with Gasteiger partial charge in [-0.25, -0.2) is 18.2 Å². The van der Waals surface area contributed by atoms with Crippen molar-refractivity contribution in [1.82, 2.24) is 19.8 Å². The highest BCUT2D eigenvalue weighted by Crippen LogP contribution is 2.43. The average molecular weight is 663 g/mol. The van der Waals surface area contributed by atoms with E-state index in [0.717, 1.165) is 23.8 Å². The van der Waals surface area contributed by atoms with Gasteiger partial charge in [0.15, 0.2) is 13.4 Å². The van der Waals surface area contributed by atoms with Crippen LogP contribution in [0.15, 0.2) is 48.7 Å². The Balaban J connectivity index is 0.00000294. The first-order valence-corrected chi connectivity index (χ1v) is 15.6. The number of carbonyl (C=O) groups excluding carboxylic acids is 2. The summed E-state index contributed by atoms with van der Waals surface area (Å²) in [4.78, 5) is 31.0. The van der Waals surface area contributed by atoms with Gasteiger partial charge in [0.05, 0.1) is 11.7 Å². The van der Waals surface area contributed by atoms with E-state index in [0.29, 0.717) is 12.3 Å². The lowest BCUT2D eigenvalue weighted by molar-refractivity contribution is -0.148. The van der Waals surface area contributed by atoms with Crippen molar-refractivity contribution in [1.29, 1.82) is 0 Å². The van der Waals surface area contributed by atoms with Gasteiger partial charge in [0.2, 0.25) is 0 Å². The van der Waals surface area contributed by atoms with Crippen molar-refractivity contribution >= 4 is 12.4 Å². The molecule has 10 nitrogen and oxygen atoms in total. The van der Waals surface area contributed by atoms with Crippen LogP contribution in [0, 0.1) is 23.0 Å². The summed E-state index contributed by atoms with van der Waals surface area (Å²) in [6, 6.07) is 9.32. The Morgan fingerprint density at radius 2 is 1.98 bits per heavy atom. The largest absolute Gasteiger partial charge is 0.468 e. The number of amides is 1. The number of halogens is 3. The number of aromatic nitrogens is 2. The Kier molecular flexibility index (Phi) is 14.2. The highest BCUT2D eigenvalue weighted by Gasteiger charge is 2.43. The maximum absolute atomic E-state index is 15.0. The number of aliphatic hydroxyl groups is 1.